The van der Waals surface area contributed by atoms with Gasteiger partial charge in [-0.1, -0.05) is 57.5 Å². The smallest absolute Gasteiger partial charge is 0.242 e. The molecule has 2 aromatic rings. The molecule has 13 nitrogen and oxygen atoms in total. The van der Waals surface area contributed by atoms with Crippen molar-refractivity contribution in [3.8, 4) is 0 Å². The molecule has 0 radical (unpaired) electrons. The first-order valence-corrected chi connectivity index (χ1v) is 19.9. The Labute approximate surface area is 326 Å². The van der Waals surface area contributed by atoms with Gasteiger partial charge in [0.1, 0.15) is 5.01 Å². The van der Waals surface area contributed by atoms with E-state index in [2.05, 4.69) is 20.9 Å². The van der Waals surface area contributed by atoms with Crippen LogP contribution in [0, 0.1) is 11.8 Å². The molecule has 0 saturated carbocycles. The second kappa shape index (κ2) is 22.8. The number of amides is 4. The summed E-state index contributed by atoms with van der Waals surface area (Å²) in [5, 5.41) is 19.7. The van der Waals surface area contributed by atoms with Gasteiger partial charge in [-0.15, -0.1) is 11.3 Å². The van der Waals surface area contributed by atoms with E-state index in [1.807, 2.05) is 61.4 Å². The topological polar surface area (TPSA) is 162 Å². The number of aliphatic hydroxyl groups excluding tert-OH is 1. The molecule has 1 fully saturated rings. The summed E-state index contributed by atoms with van der Waals surface area (Å²) in [5.74, 6) is -1.37. The largest absolute Gasteiger partial charge is 0.394 e. The van der Waals surface area contributed by atoms with Crippen LogP contribution in [0.15, 0.2) is 41.9 Å². The number of nitrogens with one attached hydrogen (secondary N) is 3. The number of likely N-dealkylation sites (N-methyl/N-ethyl adjacent to an activating group) is 2. The molecule has 1 aromatic carbocycles. The predicted octanol–water partition coefficient (Wildman–Crippen LogP) is 3.96. The molecule has 54 heavy (non-hydrogen) atoms. The maximum atomic E-state index is 14.1. The summed E-state index contributed by atoms with van der Waals surface area (Å²) in [6.07, 6.45) is 3.36. The fraction of sp³-hybridized carbons (Fsp3) is 0.675. The van der Waals surface area contributed by atoms with Crippen LogP contribution in [0.4, 0.5) is 0 Å². The average Bonchev–Trinajstić information content (AvgIpc) is 3.87. The number of aromatic nitrogens is 1. The molecule has 1 saturated heterocycles. The molecule has 2 heterocycles. The van der Waals surface area contributed by atoms with Crippen molar-refractivity contribution in [2.24, 2.45) is 11.8 Å². The van der Waals surface area contributed by atoms with E-state index in [4.69, 9.17) is 14.6 Å². The summed E-state index contributed by atoms with van der Waals surface area (Å²) in [4.78, 5) is 61.7. The Morgan fingerprint density at radius 2 is 1.74 bits per heavy atom. The summed E-state index contributed by atoms with van der Waals surface area (Å²) in [7, 11) is 6.53. The summed E-state index contributed by atoms with van der Waals surface area (Å²) >= 11 is 1.50. The summed E-state index contributed by atoms with van der Waals surface area (Å²) in [6.45, 7) is 13.2. The van der Waals surface area contributed by atoms with E-state index in [9.17, 15) is 19.2 Å². The molecule has 1 aliphatic heterocycles. The molecule has 7 atom stereocenters. The number of likely N-dealkylation sites (tertiary alicyclic amines) is 1. The number of hydrogen-bond acceptors (Lipinski definition) is 10. The Hall–Kier alpha value is -3.43. The lowest BCUT2D eigenvalue weighted by atomic mass is 9.90. The number of nitrogens with zero attached hydrogens (tertiary/aromatic N) is 3. The van der Waals surface area contributed by atoms with Gasteiger partial charge in [0, 0.05) is 45.5 Å². The van der Waals surface area contributed by atoms with Gasteiger partial charge in [0.2, 0.25) is 23.6 Å². The van der Waals surface area contributed by atoms with Crippen molar-refractivity contribution in [1.29, 1.82) is 0 Å². The van der Waals surface area contributed by atoms with Gasteiger partial charge in [-0.3, -0.25) is 19.2 Å². The van der Waals surface area contributed by atoms with E-state index in [0.29, 0.717) is 19.4 Å². The molecule has 0 spiro atoms. The van der Waals surface area contributed by atoms with Crippen molar-refractivity contribution in [3.05, 3.63) is 52.5 Å². The maximum Gasteiger partial charge on any atom is 0.242 e. The highest BCUT2D eigenvalue weighted by Crippen LogP contribution is 2.30. The van der Waals surface area contributed by atoms with Crippen LogP contribution in [0.1, 0.15) is 90.8 Å². The SMILES string of the molecule is CC(C)O.CCC(C)C(C(CC(=O)N1CCCC1C(OC)C(C)C(=O)NC(Cc1ccccc1)c1nccs1)OC)N(C)C(=O)CNC(=O)C(C)(C)NC. The van der Waals surface area contributed by atoms with E-state index >= 15 is 0 Å². The standard InChI is InChI=1S/C37H58N6O6S.C3H8O/c1-10-24(2)32(42(7)31(45)23-40-36(47)37(4,5)38-6)29(48-8)22-30(44)43-19-14-17-28(43)33(49-9)25(3)34(46)41-27(35-39-18-20-50-35)21-26-15-12-11-13-16-26;1-3(2)4/h11-13,15-16,18,20,24-25,27-29,32-33,38H,10,14,17,19,21-23H2,1-9H3,(H,40,47)(H,41,46);3-4H,1-2H3. The number of ether oxygens (including phenoxy) is 2. The predicted molar refractivity (Wildman–Crippen MR) is 213 cm³/mol. The molecule has 7 unspecified atom stereocenters. The molecular weight excluding hydrogens is 709 g/mol. The zero-order valence-electron chi connectivity index (χ0n) is 34.3. The van der Waals surface area contributed by atoms with E-state index in [-0.39, 0.29) is 60.7 Å². The Morgan fingerprint density at radius 3 is 2.28 bits per heavy atom. The molecule has 3 rings (SSSR count). The lowest BCUT2D eigenvalue weighted by molar-refractivity contribution is -0.146. The lowest BCUT2D eigenvalue weighted by Gasteiger charge is -2.39. The van der Waals surface area contributed by atoms with Gasteiger partial charge in [0.05, 0.1) is 54.8 Å². The number of thiazole rings is 1. The molecular formula is C40H66N6O7S. The maximum absolute atomic E-state index is 14.1. The molecule has 0 bridgehead atoms. The van der Waals surface area contributed by atoms with E-state index in [0.717, 1.165) is 23.4 Å². The Morgan fingerprint density at radius 1 is 1.09 bits per heavy atom. The second-order valence-electron chi connectivity index (χ2n) is 14.9. The zero-order valence-corrected chi connectivity index (χ0v) is 35.1. The van der Waals surface area contributed by atoms with Crippen LogP contribution in [0.3, 0.4) is 0 Å². The van der Waals surface area contributed by atoms with Crippen LogP contribution in [0.5, 0.6) is 0 Å². The van der Waals surface area contributed by atoms with Crippen molar-refractivity contribution in [1.82, 2.24) is 30.7 Å². The molecule has 1 aliphatic rings. The Kier molecular flexibility index (Phi) is 19.8. The Bertz CT molecular complexity index is 1420. The highest BCUT2D eigenvalue weighted by molar-refractivity contribution is 7.09. The molecule has 304 valence electrons. The first-order valence-electron chi connectivity index (χ1n) is 19.0. The van der Waals surface area contributed by atoms with E-state index in [1.54, 1.807) is 67.1 Å². The van der Waals surface area contributed by atoms with Crippen molar-refractivity contribution in [2.45, 2.75) is 123 Å². The van der Waals surface area contributed by atoms with E-state index < -0.39 is 29.7 Å². The van der Waals surface area contributed by atoms with Crippen molar-refractivity contribution in [3.63, 3.8) is 0 Å². The second-order valence-corrected chi connectivity index (χ2v) is 15.8. The van der Waals surface area contributed by atoms with E-state index in [1.165, 1.54) is 11.3 Å². The number of rotatable bonds is 19. The quantitative estimate of drug-likeness (QED) is 0.166. The fourth-order valence-electron chi connectivity index (χ4n) is 6.70. The van der Waals surface area contributed by atoms with Crippen LogP contribution in [0.25, 0.3) is 0 Å². The lowest BCUT2D eigenvalue weighted by Crippen LogP contribution is -2.56. The first-order chi connectivity index (χ1) is 25.5. The van der Waals surface area contributed by atoms with Gasteiger partial charge in [-0.05, 0) is 65.5 Å². The summed E-state index contributed by atoms with van der Waals surface area (Å²) < 4.78 is 11.9. The van der Waals surface area contributed by atoms with Gasteiger partial charge in [-0.2, -0.15) is 0 Å². The minimum atomic E-state index is -0.827. The number of carbonyl (C=O) groups excluding carboxylic acids is 4. The van der Waals surface area contributed by atoms with Crippen molar-refractivity contribution < 1.29 is 33.8 Å². The van der Waals surface area contributed by atoms with Crippen LogP contribution < -0.4 is 16.0 Å². The zero-order chi connectivity index (χ0) is 40.6. The molecule has 4 N–H and O–H groups in total. The van der Waals surface area contributed by atoms with Crippen LogP contribution in [-0.2, 0) is 35.1 Å². The summed E-state index contributed by atoms with van der Waals surface area (Å²) in [6, 6.07) is 8.98. The monoisotopic (exact) mass is 774 g/mol. The highest BCUT2D eigenvalue weighted by Gasteiger charge is 2.42. The number of methoxy groups -OCH3 is 2. The van der Waals surface area contributed by atoms with Gasteiger partial charge in [0.15, 0.2) is 0 Å². The third-order valence-electron chi connectivity index (χ3n) is 10.2. The molecule has 4 amide bonds. The number of aliphatic hydroxyl groups is 1. The van der Waals surface area contributed by atoms with Crippen molar-refractivity contribution in [2.75, 3.05) is 41.4 Å². The third kappa shape index (κ3) is 13.7. The van der Waals surface area contributed by atoms with Gasteiger partial charge >= 0.3 is 0 Å². The number of hydrogen-bond donors (Lipinski definition) is 4. The van der Waals surface area contributed by atoms with Crippen molar-refractivity contribution >= 4 is 35.0 Å². The van der Waals surface area contributed by atoms with Gasteiger partial charge < -0.3 is 40.3 Å². The van der Waals surface area contributed by atoms with Gasteiger partial charge in [0.25, 0.3) is 0 Å². The van der Waals surface area contributed by atoms with Gasteiger partial charge in [-0.25, -0.2) is 4.98 Å². The van der Waals surface area contributed by atoms with Crippen LogP contribution >= 0.6 is 11.3 Å². The minimum Gasteiger partial charge on any atom is -0.394 e. The number of carbonyl (C=O) groups is 4. The average molecular weight is 775 g/mol. The normalized spacial score (nSPS) is 17.7. The number of benzene rings is 1. The Balaban J connectivity index is 0.00000239. The molecule has 1 aromatic heterocycles. The fourth-order valence-corrected chi connectivity index (χ4v) is 7.39. The van der Waals surface area contributed by atoms with Crippen LogP contribution in [0.2, 0.25) is 0 Å². The first kappa shape index (κ1) is 46.7. The third-order valence-corrected chi connectivity index (χ3v) is 11.1. The molecule has 14 heteroatoms. The highest BCUT2D eigenvalue weighted by atomic mass is 32.1. The minimum absolute atomic E-state index is 0.0117. The molecule has 0 aliphatic carbocycles. The van der Waals surface area contributed by atoms with Crippen LogP contribution in [-0.4, -0.2) is 121 Å². The summed E-state index contributed by atoms with van der Waals surface area (Å²) in [5.41, 5.74) is 0.265.